The van der Waals surface area contributed by atoms with Crippen molar-refractivity contribution in [1.29, 1.82) is 0 Å². The van der Waals surface area contributed by atoms with E-state index in [0.717, 1.165) is 31.1 Å². The Morgan fingerprint density at radius 1 is 1.26 bits per heavy atom. The zero-order valence-corrected chi connectivity index (χ0v) is 11.8. The van der Waals surface area contributed by atoms with Crippen molar-refractivity contribution >= 4 is 5.69 Å². The minimum absolute atomic E-state index is 0.736. The number of hydrogen-bond acceptors (Lipinski definition) is 4. The zero-order valence-electron chi connectivity index (χ0n) is 11.8. The lowest BCUT2D eigenvalue weighted by Crippen LogP contribution is -2.21. The van der Waals surface area contributed by atoms with E-state index in [1.807, 2.05) is 13.1 Å². The van der Waals surface area contributed by atoms with Gasteiger partial charge in [0.1, 0.15) is 0 Å². The summed E-state index contributed by atoms with van der Waals surface area (Å²) in [6, 6.07) is 10.6. The minimum atomic E-state index is 0.736. The molecule has 102 valence electrons. The number of anilines is 1. The van der Waals surface area contributed by atoms with Gasteiger partial charge < -0.3 is 14.7 Å². The van der Waals surface area contributed by atoms with Crippen LogP contribution in [0.2, 0.25) is 0 Å². The second-order valence-electron chi connectivity index (χ2n) is 4.66. The van der Waals surface area contributed by atoms with Crippen LogP contribution in [0.1, 0.15) is 23.9 Å². The van der Waals surface area contributed by atoms with Gasteiger partial charge in [-0.2, -0.15) is 0 Å². The molecule has 1 aromatic heterocycles. The van der Waals surface area contributed by atoms with Crippen LogP contribution < -0.4 is 10.2 Å². The maximum absolute atomic E-state index is 5.36. The van der Waals surface area contributed by atoms with Crippen molar-refractivity contribution in [3.63, 3.8) is 0 Å². The van der Waals surface area contributed by atoms with E-state index < -0.39 is 0 Å². The third-order valence-corrected chi connectivity index (χ3v) is 3.09. The molecule has 0 radical (unpaired) electrons. The van der Waals surface area contributed by atoms with Gasteiger partial charge in [-0.15, -0.1) is 0 Å². The molecule has 0 saturated carbocycles. The fraction of sp³-hybridized carbons (Fsp3) is 0.400. The highest BCUT2D eigenvalue weighted by Gasteiger charge is 2.09. The van der Waals surface area contributed by atoms with Gasteiger partial charge in [0.15, 0.2) is 5.76 Å². The SMILES string of the molecule is CCN(Cc1cc(CNC)no1)c1ccc(C)cc1. The van der Waals surface area contributed by atoms with Crippen molar-refractivity contribution in [2.75, 3.05) is 18.5 Å². The molecule has 0 fully saturated rings. The predicted octanol–water partition coefficient (Wildman–Crippen LogP) is 2.73. The van der Waals surface area contributed by atoms with Crippen LogP contribution in [0.5, 0.6) is 0 Å². The standard InChI is InChI=1S/C15H21N3O/c1-4-18(14-7-5-12(2)6-8-14)11-15-9-13(10-16-3)17-19-15/h5-9,16H,4,10-11H2,1-3H3. The lowest BCUT2D eigenvalue weighted by atomic mass is 10.2. The van der Waals surface area contributed by atoms with E-state index in [4.69, 9.17) is 4.52 Å². The van der Waals surface area contributed by atoms with Gasteiger partial charge in [0.05, 0.1) is 12.2 Å². The highest BCUT2D eigenvalue weighted by atomic mass is 16.5. The largest absolute Gasteiger partial charge is 0.364 e. The smallest absolute Gasteiger partial charge is 0.156 e. The molecule has 4 heteroatoms. The second-order valence-corrected chi connectivity index (χ2v) is 4.66. The summed E-state index contributed by atoms with van der Waals surface area (Å²) in [5.74, 6) is 0.896. The molecular formula is C15H21N3O. The Morgan fingerprint density at radius 3 is 2.63 bits per heavy atom. The molecule has 1 aromatic carbocycles. The van der Waals surface area contributed by atoms with E-state index in [9.17, 15) is 0 Å². The van der Waals surface area contributed by atoms with Crippen LogP contribution >= 0.6 is 0 Å². The van der Waals surface area contributed by atoms with E-state index >= 15 is 0 Å². The lowest BCUT2D eigenvalue weighted by Gasteiger charge is -2.21. The van der Waals surface area contributed by atoms with Gasteiger partial charge in [0.2, 0.25) is 0 Å². The molecule has 1 N–H and O–H groups in total. The topological polar surface area (TPSA) is 41.3 Å². The first-order chi connectivity index (χ1) is 9.22. The molecule has 0 aliphatic heterocycles. The van der Waals surface area contributed by atoms with Crippen LogP contribution in [0.3, 0.4) is 0 Å². The normalized spacial score (nSPS) is 10.7. The highest BCUT2D eigenvalue weighted by molar-refractivity contribution is 5.47. The van der Waals surface area contributed by atoms with Gasteiger partial charge in [-0.1, -0.05) is 22.9 Å². The third kappa shape index (κ3) is 3.58. The summed E-state index contributed by atoms with van der Waals surface area (Å²) in [5, 5.41) is 7.10. The van der Waals surface area contributed by atoms with Gasteiger partial charge >= 0.3 is 0 Å². The van der Waals surface area contributed by atoms with E-state index in [1.54, 1.807) is 0 Å². The molecule has 19 heavy (non-hydrogen) atoms. The average molecular weight is 259 g/mol. The number of aryl methyl sites for hydroxylation is 1. The zero-order chi connectivity index (χ0) is 13.7. The summed E-state index contributed by atoms with van der Waals surface area (Å²) >= 11 is 0. The number of aromatic nitrogens is 1. The van der Waals surface area contributed by atoms with Crippen molar-refractivity contribution in [3.8, 4) is 0 Å². The van der Waals surface area contributed by atoms with Crippen LogP contribution in [0, 0.1) is 6.92 Å². The van der Waals surface area contributed by atoms with Gasteiger partial charge in [-0.3, -0.25) is 0 Å². The molecule has 0 atom stereocenters. The Morgan fingerprint density at radius 2 is 2.00 bits per heavy atom. The number of hydrogen-bond donors (Lipinski definition) is 1. The van der Waals surface area contributed by atoms with Crippen LogP contribution in [0.4, 0.5) is 5.69 Å². The van der Waals surface area contributed by atoms with Crippen molar-refractivity contribution in [1.82, 2.24) is 10.5 Å². The molecule has 1 heterocycles. The maximum Gasteiger partial charge on any atom is 0.156 e. The molecular weight excluding hydrogens is 238 g/mol. The summed E-state index contributed by atoms with van der Waals surface area (Å²) in [7, 11) is 1.90. The summed E-state index contributed by atoms with van der Waals surface area (Å²) in [6.07, 6.45) is 0. The Balaban J connectivity index is 2.07. The summed E-state index contributed by atoms with van der Waals surface area (Å²) in [4.78, 5) is 2.27. The van der Waals surface area contributed by atoms with Gasteiger partial charge in [0.25, 0.3) is 0 Å². The fourth-order valence-corrected chi connectivity index (χ4v) is 2.02. The third-order valence-electron chi connectivity index (χ3n) is 3.09. The summed E-state index contributed by atoms with van der Waals surface area (Å²) < 4.78 is 5.36. The Hall–Kier alpha value is -1.81. The average Bonchev–Trinajstić information content (AvgIpc) is 2.85. The Labute approximate surface area is 114 Å². The molecule has 0 aliphatic rings. The summed E-state index contributed by atoms with van der Waals surface area (Å²) in [6.45, 7) is 6.66. The Bertz CT molecular complexity index is 504. The predicted molar refractivity (Wildman–Crippen MR) is 77.2 cm³/mol. The molecule has 2 aromatic rings. The van der Waals surface area contributed by atoms with Crippen LogP contribution in [-0.4, -0.2) is 18.7 Å². The number of rotatable bonds is 6. The molecule has 0 bridgehead atoms. The monoisotopic (exact) mass is 259 g/mol. The second kappa shape index (κ2) is 6.38. The van der Waals surface area contributed by atoms with Crippen LogP contribution in [0.25, 0.3) is 0 Å². The molecule has 0 aliphatic carbocycles. The van der Waals surface area contributed by atoms with E-state index in [1.165, 1.54) is 11.3 Å². The Kier molecular flexibility index (Phi) is 4.58. The van der Waals surface area contributed by atoms with Gasteiger partial charge in [-0.25, -0.2) is 0 Å². The highest BCUT2D eigenvalue weighted by Crippen LogP contribution is 2.18. The summed E-state index contributed by atoms with van der Waals surface area (Å²) in [5.41, 5.74) is 3.42. The first kappa shape index (κ1) is 13.6. The van der Waals surface area contributed by atoms with Crippen LogP contribution in [0.15, 0.2) is 34.9 Å². The quantitative estimate of drug-likeness (QED) is 0.866. The maximum atomic E-state index is 5.36. The van der Waals surface area contributed by atoms with E-state index in [-0.39, 0.29) is 0 Å². The first-order valence-electron chi connectivity index (χ1n) is 6.63. The van der Waals surface area contributed by atoms with Crippen molar-refractivity contribution in [2.45, 2.75) is 26.9 Å². The minimum Gasteiger partial charge on any atom is -0.364 e. The van der Waals surface area contributed by atoms with Gasteiger partial charge in [0, 0.05) is 24.8 Å². The fourth-order valence-electron chi connectivity index (χ4n) is 2.02. The van der Waals surface area contributed by atoms with Gasteiger partial charge in [-0.05, 0) is 33.0 Å². The number of benzene rings is 1. The van der Waals surface area contributed by atoms with Crippen molar-refractivity contribution in [2.24, 2.45) is 0 Å². The molecule has 0 amide bonds. The first-order valence-corrected chi connectivity index (χ1v) is 6.63. The number of nitrogens with one attached hydrogen (secondary N) is 1. The van der Waals surface area contributed by atoms with E-state index in [0.29, 0.717) is 0 Å². The van der Waals surface area contributed by atoms with E-state index in [2.05, 4.69) is 53.5 Å². The number of nitrogens with zero attached hydrogens (tertiary/aromatic N) is 2. The molecule has 4 nitrogen and oxygen atoms in total. The molecule has 0 spiro atoms. The molecule has 0 unspecified atom stereocenters. The lowest BCUT2D eigenvalue weighted by molar-refractivity contribution is 0.374. The van der Waals surface area contributed by atoms with Crippen molar-refractivity contribution in [3.05, 3.63) is 47.3 Å². The van der Waals surface area contributed by atoms with Crippen LogP contribution in [-0.2, 0) is 13.1 Å². The molecule has 2 rings (SSSR count). The van der Waals surface area contributed by atoms with Crippen molar-refractivity contribution < 1.29 is 4.52 Å². The molecule has 0 saturated heterocycles.